The maximum absolute atomic E-state index is 12.4. The average Bonchev–Trinajstić information content (AvgIpc) is 3.37. The Balaban J connectivity index is 0.00000420. The van der Waals surface area contributed by atoms with Crippen LogP contribution in [0.25, 0.3) is 0 Å². The van der Waals surface area contributed by atoms with Gasteiger partial charge in [-0.25, -0.2) is 0 Å². The molecule has 8 heteroatoms. The summed E-state index contributed by atoms with van der Waals surface area (Å²) in [4.78, 5) is 32.6. The van der Waals surface area contributed by atoms with Gasteiger partial charge in [-0.05, 0) is 31.1 Å². The molecule has 1 saturated heterocycles. The van der Waals surface area contributed by atoms with Gasteiger partial charge in [0.15, 0.2) is 5.96 Å². The molecular formula is C21H40IN5O2. The molecule has 2 unspecified atom stereocenters. The van der Waals surface area contributed by atoms with Gasteiger partial charge in [0, 0.05) is 58.7 Å². The summed E-state index contributed by atoms with van der Waals surface area (Å²) in [7, 11) is 1.80. The van der Waals surface area contributed by atoms with Crippen LogP contribution in [0.1, 0.15) is 59.3 Å². The minimum Gasteiger partial charge on any atom is -0.356 e. The summed E-state index contributed by atoms with van der Waals surface area (Å²) >= 11 is 0. The Labute approximate surface area is 193 Å². The van der Waals surface area contributed by atoms with E-state index in [-0.39, 0.29) is 35.8 Å². The molecule has 2 rings (SSSR count). The zero-order chi connectivity index (χ0) is 20.5. The topological polar surface area (TPSA) is 77.0 Å². The Morgan fingerprint density at radius 2 is 1.62 bits per heavy atom. The number of piperazine rings is 1. The minimum absolute atomic E-state index is 0. The third-order valence-corrected chi connectivity index (χ3v) is 5.58. The molecule has 0 aromatic rings. The van der Waals surface area contributed by atoms with Gasteiger partial charge in [-0.1, -0.05) is 27.2 Å². The zero-order valence-corrected chi connectivity index (χ0v) is 20.9. The van der Waals surface area contributed by atoms with Gasteiger partial charge in [0.2, 0.25) is 11.8 Å². The number of nitrogens with one attached hydrogen (secondary N) is 2. The smallest absolute Gasteiger partial charge is 0.222 e. The van der Waals surface area contributed by atoms with Crippen molar-refractivity contribution in [3.63, 3.8) is 0 Å². The number of hydrogen-bond donors (Lipinski definition) is 2. The summed E-state index contributed by atoms with van der Waals surface area (Å²) in [5.41, 5.74) is 0. The summed E-state index contributed by atoms with van der Waals surface area (Å²) in [6.45, 7) is 9.94. The highest BCUT2D eigenvalue weighted by atomic mass is 127. The normalized spacial score (nSPS) is 21.6. The number of rotatable bonds is 9. The second kappa shape index (κ2) is 13.3. The Morgan fingerprint density at radius 3 is 2.14 bits per heavy atom. The molecule has 0 aromatic carbocycles. The Kier molecular flexibility index (Phi) is 11.9. The molecule has 1 aliphatic carbocycles. The van der Waals surface area contributed by atoms with E-state index in [2.05, 4.69) is 36.4 Å². The first kappa shape index (κ1) is 26.0. The summed E-state index contributed by atoms with van der Waals surface area (Å²) in [5, 5.41) is 6.76. The highest BCUT2D eigenvalue weighted by Gasteiger charge is 2.33. The lowest BCUT2D eigenvalue weighted by Gasteiger charge is -2.35. The van der Waals surface area contributed by atoms with Crippen LogP contribution in [-0.2, 0) is 9.59 Å². The largest absolute Gasteiger partial charge is 0.356 e. The van der Waals surface area contributed by atoms with Crippen molar-refractivity contribution in [1.82, 2.24) is 20.4 Å². The van der Waals surface area contributed by atoms with Crippen molar-refractivity contribution in [2.45, 2.75) is 65.3 Å². The van der Waals surface area contributed by atoms with E-state index in [4.69, 9.17) is 0 Å². The molecule has 0 radical (unpaired) electrons. The van der Waals surface area contributed by atoms with Crippen LogP contribution in [0.5, 0.6) is 0 Å². The van der Waals surface area contributed by atoms with Crippen molar-refractivity contribution in [3.05, 3.63) is 0 Å². The van der Waals surface area contributed by atoms with Gasteiger partial charge in [-0.15, -0.1) is 24.0 Å². The molecule has 0 aromatic heterocycles. The molecular weight excluding hydrogens is 481 g/mol. The van der Waals surface area contributed by atoms with Crippen LogP contribution in [0.15, 0.2) is 4.99 Å². The molecule has 1 saturated carbocycles. The number of hydrogen-bond acceptors (Lipinski definition) is 3. The number of amides is 2. The first-order valence-corrected chi connectivity index (χ1v) is 10.9. The lowest BCUT2D eigenvalue weighted by Crippen LogP contribution is -2.50. The van der Waals surface area contributed by atoms with Gasteiger partial charge in [0.1, 0.15) is 0 Å². The van der Waals surface area contributed by atoms with Crippen molar-refractivity contribution < 1.29 is 9.59 Å². The second-order valence-electron chi connectivity index (χ2n) is 8.63. The lowest BCUT2D eigenvalue weighted by molar-refractivity contribution is -0.140. The standard InChI is InChI=1S/C21H39N5O2.HI/c1-16(2)14-20(28)26-12-10-25(11-13-26)19(27)8-6-5-7-9-23-21(22-4)24-18-15-17(18)3;/h16-18H,5-15H2,1-4H3,(H2,22,23,24);1H. The van der Waals surface area contributed by atoms with E-state index in [0.29, 0.717) is 51.0 Å². The van der Waals surface area contributed by atoms with Gasteiger partial charge in [-0.2, -0.15) is 0 Å². The van der Waals surface area contributed by atoms with Crippen molar-refractivity contribution in [2.75, 3.05) is 39.8 Å². The number of carbonyl (C=O) groups excluding carboxylic acids is 2. The van der Waals surface area contributed by atoms with E-state index in [1.807, 2.05) is 9.80 Å². The maximum Gasteiger partial charge on any atom is 0.222 e. The van der Waals surface area contributed by atoms with Crippen LogP contribution in [0, 0.1) is 11.8 Å². The fraction of sp³-hybridized carbons (Fsp3) is 0.857. The van der Waals surface area contributed by atoms with Gasteiger partial charge in [0.05, 0.1) is 0 Å². The van der Waals surface area contributed by atoms with E-state index in [9.17, 15) is 9.59 Å². The molecule has 7 nitrogen and oxygen atoms in total. The van der Waals surface area contributed by atoms with Crippen molar-refractivity contribution in [1.29, 1.82) is 0 Å². The van der Waals surface area contributed by atoms with Gasteiger partial charge < -0.3 is 20.4 Å². The molecule has 2 atom stereocenters. The third kappa shape index (κ3) is 9.53. The van der Waals surface area contributed by atoms with Crippen LogP contribution in [-0.4, -0.2) is 73.4 Å². The van der Waals surface area contributed by atoms with E-state index >= 15 is 0 Å². The Hall–Kier alpha value is -1.06. The summed E-state index contributed by atoms with van der Waals surface area (Å²) < 4.78 is 0. The second-order valence-corrected chi connectivity index (χ2v) is 8.63. The lowest BCUT2D eigenvalue weighted by atomic mass is 10.1. The highest BCUT2D eigenvalue weighted by molar-refractivity contribution is 14.0. The fourth-order valence-corrected chi connectivity index (χ4v) is 3.52. The first-order valence-electron chi connectivity index (χ1n) is 10.9. The SMILES string of the molecule is CN=C(NCCCCCC(=O)N1CCN(C(=O)CC(C)C)CC1)NC1CC1C.I. The maximum atomic E-state index is 12.4. The molecule has 2 fully saturated rings. The van der Waals surface area contributed by atoms with Crippen molar-refractivity contribution >= 4 is 41.8 Å². The predicted molar refractivity (Wildman–Crippen MR) is 129 cm³/mol. The van der Waals surface area contributed by atoms with Crippen LogP contribution in [0.2, 0.25) is 0 Å². The van der Waals surface area contributed by atoms with E-state index in [1.165, 1.54) is 6.42 Å². The van der Waals surface area contributed by atoms with E-state index < -0.39 is 0 Å². The number of halogens is 1. The van der Waals surface area contributed by atoms with Crippen LogP contribution in [0.4, 0.5) is 0 Å². The van der Waals surface area contributed by atoms with Crippen LogP contribution < -0.4 is 10.6 Å². The summed E-state index contributed by atoms with van der Waals surface area (Å²) in [6, 6.07) is 0.574. The number of aliphatic imine (C=N–C) groups is 1. The Bertz CT molecular complexity index is 547. The van der Waals surface area contributed by atoms with Gasteiger partial charge >= 0.3 is 0 Å². The van der Waals surface area contributed by atoms with Crippen LogP contribution >= 0.6 is 24.0 Å². The number of carbonyl (C=O) groups is 2. The van der Waals surface area contributed by atoms with Gasteiger partial charge in [-0.3, -0.25) is 14.6 Å². The molecule has 0 bridgehead atoms. The molecule has 1 aliphatic heterocycles. The van der Waals surface area contributed by atoms with Crippen molar-refractivity contribution in [2.24, 2.45) is 16.8 Å². The molecule has 1 heterocycles. The van der Waals surface area contributed by atoms with E-state index in [0.717, 1.165) is 37.7 Å². The quantitative estimate of drug-likeness (QED) is 0.212. The number of guanidine groups is 1. The summed E-state index contributed by atoms with van der Waals surface area (Å²) in [5.74, 6) is 2.46. The molecule has 29 heavy (non-hydrogen) atoms. The van der Waals surface area contributed by atoms with Crippen molar-refractivity contribution in [3.8, 4) is 0 Å². The first-order chi connectivity index (χ1) is 13.4. The number of unbranched alkanes of at least 4 members (excludes halogenated alkanes) is 2. The Morgan fingerprint density at radius 1 is 1.03 bits per heavy atom. The predicted octanol–water partition coefficient (Wildman–Crippen LogP) is 2.46. The monoisotopic (exact) mass is 521 g/mol. The molecule has 2 amide bonds. The molecule has 2 N–H and O–H groups in total. The molecule has 168 valence electrons. The number of nitrogens with zero attached hydrogens (tertiary/aromatic N) is 3. The average molecular weight is 521 g/mol. The van der Waals surface area contributed by atoms with Gasteiger partial charge in [0.25, 0.3) is 0 Å². The molecule has 0 spiro atoms. The third-order valence-electron chi connectivity index (χ3n) is 5.58. The minimum atomic E-state index is 0. The fourth-order valence-electron chi connectivity index (χ4n) is 3.52. The summed E-state index contributed by atoms with van der Waals surface area (Å²) in [6.07, 6.45) is 5.41. The molecule has 2 aliphatic rings. The van der Waals surface area contributed by atoms with Crippen LogP contribution in [0.3, 0.4) is 0 Å². The highest BCUT2D eigenvalue weighted by Crippen LogP contribution is 2.28. The van der Waals surface area contributed by atoms with E-state index in [1.54, 1.807) is 7.05 Å². The zero-order valence-electron chi connectivity index (χ0n) is 18.6.